The van der Waals surface area contributed by atoms with Crippen LogP contribution in [-0.4, -0.2) is 23.9 Å². The largest absolute Gasteiger partial charge is 0.308 e. The molecule has 5 nitrogen and oxygen atoms in total. The molecule has 5 aromatic heterocycles. The van der Waals surface area contributed by atoms with Gasteiger partial charge in [-0.05, 0) is 53.2 Å². The van der Waals surface area contributed by atoms with Gasteiger partial charge in [0, 0.05) is 38.5 Å². The Balaban J connectivity index is 1.53. The van der Waals surface area contributed by atoms with Crippen LogP contribution in [0.1, 0.15) is 0 Å². The van der Waals surface area contributed by atoms with Crippen LogP contribution in [0, 0.1) is 0 Å². The normalized spacial score (nSPS) is 12.5. The summed E-state index contributed by atoms with van der Waals surface area (Å²) in [7, 11) is 0. The third-order valence-corrected chi connectivity index (χ3v) is 8.50. The summed E-state index contributed by atoms with van der Waals surface area (Å²) in [5, 5.41) is 9.87. The van der Waals surface area contributed by atoms with Crippen LogP contribution < -0.4 is 0 Å². The van der Waals surface area contributed by atoms with E-state index in [1.54, 1.807) is 6.20 Å². The molecule has 10 aromatic rings. The lowest BCUT2D eigenvalue weighted by atomic mass is 10.0. The first kappa shape index (κ1) is 20.4. The van der Waals surface area contributed by atoms with Gasteiger partial charge < -0.3 is 4.40 Å². The van der Waals surface area contributed by atoms with E-state index in [2.05, 4.69) is 105 Å². The Bertz CT molecular complexity index is 2660. The molecule has 10 rings (SSSR count). The molecule has 0 radical (unpaired) electrons. The molecule has 5 aromatic carbocycles. The van der Waals surface area contributed by atoms with Crippen molar-refractivity contribution in [2.24, 2.45) is 0 Å². The summed E-state index contributed by atoms with van der Waals surface area (Å²) in [4.78, 5) is 14.3. The minimum atomic E-state index is 0.652. The van der Waals surface area contributed by atoms with Crippen LogP contribution in [-0.2, 0) is 0 Å². The van der Waals surface area contributed by atoms with Crippen LogP contribution in [0.5, 0.6) is 0 Å². The zero-order valence-corrected chi connectivity index (χ0v) is 21.2. The lowest BCUT2D eigenvalue weighted by molar-refractivity contribution is 1.01. The highest BCUT2D eigenvalue weighted by molar-refractivity contribution is 6.34. The molecule has 0 aliphatic carbocycles. The molecule has 0 atom stereocenters. The summed E-state index contributed by atoms with van der Waals surface area (Å²) in [5.74, 6) is 0.652. The van der Waals surface area contributed by atoms with Gasteiger partial charge in [-0.2, -0.15) is 0 Å². The number of aromatic nitrogens is 5. The van der Waals surface area contributed by atoms with E-state index in [1.807, 2.05) is 18.3 Å². The minimum absolute atomic E-state index is 0.652. The Morgan fingerprint density at radius 3 is 2.10 bits per heavy atom. The molecule has 5 heterocycles. The van der Waals surface area contributed by atoms with Crippen molar-refractivity contribution >= 4 is 81.7 Å². The maximum Gasteiger partial charge on any atom is 0.235 e. The molecule has 0 aliphatic rings. The molecule has 0 unspecified atom stereocenters. The fraction of sp³-hybridized carbons (Fsp3) is 0. The molecule has 0 saturated heterocycles. The smallest absolute Gasteiger partial charge is 0.235 e. The number of fused-ring (bicyclic) bond motifs is 12. The van der Waals surface area contributed by atoms with Crippen molar-refractivity contribution in [1.29, 1.82) is 0 Å². The zero-order valence-electron chi connectivity index (χ0n) is 21.2. The molecule has 0 spiro atoms. The highest BCUT2D eigenvalue weighted by atomic mass is 15.2. The topological polar surface area (TPSA) is 48.0 Å². The third-order valence-electron chi connectivity index (χ3n) is 8.50. The van der Waals surface area contributed by atoms with Gasteiger partial charge in [-0.1, -0.05) is 60.7 Å². The highest BCUT2D eigenvalue weighted by Gasteiger charge is 2.25. The highest BCUT2D eigenvalue weighted by Crippen LogP contribution is 2.46. The van der Waals surface area contributed by atoms with Crippen LogP contribution in [0.15, 0.2) is 116 Å². The molecular weight excluding hydrogens is 490 g/mol. The SMILES string of the molecule is c1ccc2cc3c(cc2c1)c1c2c(cc4c5ccccc5n3c41)c1ccccc1n2-c1ncc2ncccc2n1. The summed E-state index contributed by atoms with van der Waals surface area (Å²) >= 11 is 0. The molecule has 0 saturated carbocycles. The van der Waals surface area contributed by atoms with Crippen molar-refractivity contribution < 1.29 is 0 Å². The van der Waals surface area contributed by atoms with Crippen molar-refractivity contribution in [3.8, 4) is 5.95 Å². The van der Waals surface area contributed by atoms with Gasteiger partial charge in [0.1, 0.15) is 5.52 Å². The van der Waals surface area contributed by atoms with E-state index < -0.39 is 0 Å². The summed E-state index contributed by atoms with van der Waals surface area (Å²) in [5.41, 5.74) is 7.53. The average Bonchev–Trinajstić information content (AvgIpc) is 3.64. The van der Waals surface area contributed by atoms with Crippen LogP contribution in [0.3, 0.4) is 0 Å². The van der Waals surface area contributed by atoms with Gasteiger partial charge in [0.05, 0.1) is 39.3 Å². The van der Waals surface area contributed by atoms with E-state index in [0.717, 1.165) is 22.1 Å². The molecule has 184 valence electrons. The molecule has 0 aliphatic heterocycles. The molecule has 0 bridgehead atoms. The van der Waals surface area contributed by atoms with E-state index >= 15 is 0 Å². The predicted molar refractivity (Wildman–Crippen MR) is 164 cm³/mol. The van der Waals surface area contributed by atoms with Crippen molar-refractivity contribution in [1.82, 2.24) is 23.9 Å². The first-order valence-electron chi connectivity index (χ1n) is 13.5. The van der Waals surface area contributed by atoms with Crippen LogP contribution >= 0.6 is 0 Å². The van der Waals surface area contributed by atoms with Gasteiger partial charge in [0.2, 0.25) is 5.95 Å². The quantitative estimate of drug-likeness (QED) is 0.223. The van der Waals surface area contributed by atoms with Crippen molar-refractivity contribution in [3.05, 3.63) is 116 Å². The average molecular weight is 510 g/mol. The van der Waals surface area contributed by atoms with Crippen LogP contribution in [0.4, 0.5) is 0 Å². The minimum Gasteiger partial charge on any atom is -0.308 e. The van der Waals surface area contributed by atoms with E-state index in [-0.39, 0.29) is 0 Å². The Hall–Kier alpha value is -5.55. The predicted octanol–water partition coefficient (Wildman–Crippen LogP) is 8.43. The third kappa shape index (κ3) is 2.41. The number of hydrogen-bond donors (Lipinski definition) is 0. The van der Waals surface area contributed by atoms with Crippen molar-refractivity contribution in [3.63, 3.8) is 0 Å². The first-order chi connectivity index (χ1) is 19.8. The van der Waals surface area contributed by atoms with E-state index in [0.29, 0.717) is 5.95 Å². The van der Waals surface area contributed by atoms with Crippen molar-refractivity contribution in [2.45, 2.75) is 0 Å². The number of para-hydroxylation sites is 2. The second-order valence-electron chi connectivity index (χ2n) is 10.5. The van der Waals surface area contributed by atoms with Crippen LogP contribution in [0.25, 0.3) is 87.7 Å². The zero-order chi connectivity index (χ0) is 25.9. The van der Waals surface area contributed by atoms with Gasteiger partial charge >= 0.3 is 0 Å². The van der Waals surface area contributed by atoms with Gasteiger partial charge in [-0.15, -0.1) is 0 Å². The molecule has 5 heteroatoms. The lowest BCUT2D eigenvalue weighted by Crippen LogP contribution is -2.01. The number of hydrogen-bond acceptors (Lipinski definition) is 3. The Morgan fingerprint density at radius 1 is 0.500 bits per heavy atom. The fourth-order valence-electron chi connectivity index (χ4n) is 6.86. The summed E-state index contributed by atoms with van der Waals surface area (Å²) in [6, 6.07) is 37.0. The van der Waals surface area contributed by atoms with Crippen LogP contribution in [0.2, 0.25) is 0 Å². The van der Waals surface area contributed by atoms with Gasteiger partial charge in [0.15, 0.2) is 0 Å². The van der Waals surface area contributed by atoms with Gasteiger partial charge in [-0.3, -0.25) is 9.55 Å². The summed E-state index contributed by atoms with van der Waals surface area (Å²) < 4.78 is 4.70. The first-order valence-corrected chi connectivity index (χ1v) is 13.5. The number of nitrogens with zero attached hydrogens (tertiary/aromatic N) is 5. The summed E-state index contributed by atoms with van der Waals surface area (Å²) in [6.45, 7) is 0. The van der Waals surface area contributed by atoms with Gasteiger partial charge in [0.25, 0.3) is 0 Å². The number of benzene rings is 5. The fourth-order valence-corrected chi connectivity index (χ4v) is 6.86. The second kappa shape index (κ2) is 7.10. The Morgan fingerprint density at radius 2 is 1.23 bits per heavy atom. The Labute approximate surface area is 226 Å². The van der Waals surface area contributed by atoms with E-state index in [1.165, 1.54) is 59.6 Å². The molecule has 40 heavy (non-hydrogen) atoms. The number of rotatable bonds is 1. The van der Waals surface area contributed by atoms with Gasteiger partial charge in [-0.25, -0.2) is 9.97 Å². The molecule has 0 fully saturated rings. The number of pyridine rings is 1. The monoisotopic (exact) mass is 509 g/mol. The Kier molecular flexibility index (Phi) is 3.62. The van der Waals surface area contributed by atoms with E-state index in [9.17, 15) is 0 Å². The van der Waals surface area contributed by atoms with Crippen molar-refractivity contribution in [2.75, 3.05) is 0 Å². The summed E-state index contributed by atoms with van der Waals surface area (Å²) in [6.07, 6.45) is 3.61. The maximum absolute atomic E-state index is 5.02. The second-order valence-corrected chi connectivity index (χ2v) is 10.5. The molecular formula is C35H19N5. The molecule has 0 amide bonds. The van der Waals surface area contributed by atoms with E-state index in [4.69, 9.17) is 9.97 Å². The standard InChI is InChI=1S/C35H19N5/c1-2-9-21-17-31-26(16-20(21)8-1)32-33-24(22-10-3-5-13-29(22)39(31)33)18-25-23-11-4-6-14-30(23)40(34(25)32)35-37-19-28-27(38-35)12-7-15-36-28/h1-19H. The lowest BCUT2D eigenvalue weighted by Gasteiger charge is -2.08. The molecule has 0 N–H and O–H groups in total. The maximum atomic E-state index is 5.02.